The van der Waals surface area contributed by atoms with E-state index in [2.05, 4.69) is 15.3 Å². The Kier molecular flexibility index (Phi) is 5.83. The summed E-state index contributed by atoms with van der Waals surface area (Å²) in [6.07, 6.45) is 0. The first-order valence-corrected chi connectivity index (χ1v) is 10.4. The molecule has 146 valence electrons. The number of hydrogen-bond acceptors (Lipinski definition) is 6. The number of rotatable bonds is 5. The topological polar surface area (TPSA) is 78.4 Å². The molecule has 0 unspecified atom stereocenters. The van der Waals surface area contributed by atoms with Crippen molar-refractivity contribution in [1.82, 2.24) is 14.3 Å². The number of anilines is 2. The third-order valence-electron chi connectivity index (χ3n) is 4.27. The molecule has 2 heterocycles. The average Bonchev–Trinajstić information content (AvgIpc) is 2.64. The minimum absolute atomic E-state index is 0.00494. The summed E-state index contributed by atoms with van der Waals surface area (Å²) in [6, 6.07) is 5.33. The van der Waals surface area contributed by atoms with Crippen LogP contribution in [0.3, 0.4) is 0 Å². The summed E-state index contributed by atoms with van der Waals surface area (Å²) in [5.41, 5.74) is 0.840. The maximum Gasteiger partial charge on any atom is 0.243 e. The molecule has 1 saturated heterocycles. The summed E-state index contributed by atoms with van der Waals surface area (Å²) in [7, 11) is -3.72. The Morgan fingerprint density at radius 3 is 2.52 bits per heavy atom. The van der Waals surface area contributed by atoms with E-state index in [1.54, 1.807) is 0 Å². The first-order valence-electron chi connectivity index (χ1n) is 8.61. The smallest absolute Gasteiger partial charge is 0.243 e. The Balaban J connectivity index is 1.74. The molecule has 0 atom stereocenters. The van der Waals surface area contributed by atoms with Crippen LogP contribution in [0.4, 0.5) is 16.2 Å². The van der Waals surface area contributed by atoms with Gasteiger partial charge in [0.25, 0.3) is 0 Å². The molecule has 1 fully saturated rings. The Labute approximate surface area is 163 Å². The highest BCUT2D eigenvalue weighted by Gasteiger charge is 2.29. The zero-order valence-corrected chi connectivity index (χ0v) is 16.7. The van der Waals surface area contributed by atoms with Crippen LogP contribution in [0.5, 0.6) is 0 Å². The predicted octanol–water partition coefficient (Wildman–Crippen LogP) is 2.52. The first-order chi connectivity index (χ1) is 12.8. The van der Waals surface area contributed by atoms with Crippen LogP contribution < -0.4 is 10.2 Å². The van der Waals surface area contributed by atoms with Gasteiger partial charge in [-0.2, -0.15) is 9.29 Å². The molecule has 3 rings (SSSR count). The number of piperazine rings is 1. The van der Waals surface area contributed by atoms with Crippen molar-refractivity contribution in [3.8, 4) is 0 Å². The third-order valence-corrected chi connectivity index (χ3v) is 6.45. The van der Waals surface area contributed by atoms with Crippen molar-refractivity contribution in [2.24, 2.45) is 0 Å². The standard InChI is InChI=1S/C17H21ClFN5O2S/c1-3-20-17-21-12(2)10-16(22-17)23-6-8-24(9-7-23)27(25,26)13-4-5-15(19)14(18)11-13/h4-5,10-11H,3,6-9H2,1-2H3,(H,20,21,22). The van der Waals surface area contributed by atoms with E-state index in [9.17, 15) is 12.8 Å². The lowest BCUT2D eigenvalue weighted by molar-refractivity contribution is 0.383. The number of nitrogens with one attached hydrogen (secondary N) is 1. The zero-order valence-electron chi connectivity index (χ0n) is 15.1. The van der Waals surface area contributed by atoms with Crippen LogP contribution >= 0.6 is 11.6 Å². The van der Waals surface area contributed by atoms with E-state index in [0.717, 1.165) is 30.2 Å². The van der Waals surface area contributed by atoms with Crippen LogP contribution in [0.2, 0.25) is 5.02 Å². The first kappa shape index (κ1) is 19.8. The van der Waals surface area contributed by atoms with E-state index >= 15 is 0 Å². The normalized spacial score (nSPS) is 15.8. The van der Waals surface area contributed by atoms with Gasteiger partial charge in [0, 0.05) is 44.5 Å². The van der Waals surface area contributed by atoms with Gasteiger partial charge in [-0.25, -0.2) is 17.8 Å². The third kappa shape index (κ3) is 4.31. The van der Waals surface area contributed by atoms with Gasteiger partial charge in [-0.15, -0.1) is 0 Å². The number of benzene rings is 1. The van der Waals surface area contributed by atoms with Gasteiger partial charge in [0.15, 0.2) is 0 Å². The monoisotopic (exact) mass is 413 g/mol. The second-order valence-electron chi connectivity index (χ2n) is 6.19. The molecule has 2 aromatic rings. The van der Waals surface area contributed by atoms with Gasteiger partial charge in [0.1, 0.15) is 11.6 Å². The average molecular weight is 414 g/mol. The van der Waals surface area contributed by atoms with Crippen molar-refractivity contribution in [2.45, 2.75) is 18.7 Å². The summed E-state index contributed by atoms with van der Waals surface area (Å²) in [4.78, 5) is 10.8. The van der Waals surface area contributed by atoms with Crippen molar-refractivity contribution in [1.29, 1.82) is 0 Å². The number of sulfonamides is 1. The number of halogens is 2. The minimum atomic E-state index is -3.72. The summed E-state index contributed by atoms with van der Waals surface area (Å²) < 4.78 is 40.3. The molecule has 27 heavy (non-hydrogen) atoms. The second-order valence-corrected chi connectivity index (χ2v) is 8.53. The quantitative estimate of drug-likeness (QED) is 0.811. The van der Waals surface area contributed by atoms with Crippen molar-refractivity contribution in [3.05, 3.63) is 40.8 Å². The number of aryl methyl sites for hydroxylation is 1. The SMILES string of the molecule is CCNc1nc(C)cc(N2CCN(S(=O)(=O)c3ccc(F)c(Cl)c3)CC2)n1. The molecular formula is C17H21ClFN5O2S. The zero-order chi connectivity index (χ0) is 19.6. The summed E-state index contributed by atoms with van der Waals surface area (Å²) in [6.45, 7) is 6.18. The summed E-state index contributed by atoms with van der Waals surface area (Å²) in [5.74, 6) is 0.680. The largest absolute Gasteiger partial charge is 0.354 e. The van der Waals surface area contributed by atoms with Gasteiger partial charge < -0.3 is 10.2 Å². The summed E-state index contributed by atoms with van der Waals surface area (Å²) >= 11 is 5.73. The van der Waals surface area contributed by atoms with Crippen LogP contribution in [-0.4, -0.2) is 55.4 Å². The Hall–Kier alpha value is -1.97. The highest BCUT2D eigenvalue weighted by Crippen LogP contribution is 2.24. The van der Waals surface area contributed by atoms with Gasteiger partial charge in [-0.1, -0.05) is 11.6 Å². The Morgan fingerprint density at radius 2 is 1.89 bits per heavy atom. The molecule has 1 aliphatic rings. The molecule has 1 aromatic heterocycles. The van der Waals surface area contributed by atoms with Crippen molar-refractivity contribution >= 4 is 33.4 Å². The van der Waals surface area contributed by atoms with E-state index in [0.29, 0.717) is 32.1 Å². The van der Waals surface area contributed by atoms with Gasteiger partial charge in [-0.05, 0) is 32.0 Å². The van der Waals surface area contributed by atoms with Gasteiger partial charge >= 0.3 is 0 Å². The fraction of sp³-hybridized carbons (Fsp3) is 0.412. The minimum Gasteiger partial charge on any atom is -0.354 e. The lowest BCUT2D eigenvalue weighted by Crippen LogP contribution is -2.49. The molecule has 1 aliphatic heterocycles. The van der Waals surface area contributed by atoms with Crippen molar-refractivity contribution < 1.29 is 12.8 Å². The molecule has 0 spiro atoms. The fourth-order valence-corrected chi connectivity index (χ4v) is 4.59. The maximum atomic E-state index is 13.3. The van der Waals surface area contributed by atoms with E-state index < -0.39 is 15.8 Å². The second kappa shape index (κ2) is 7.95. The van der Waals surface area contributed by atoms with E-state index in [-0.39, 0.29) is 9.92 Å². The molecule has 7 nitrogen and oxygen atoms in total. The van der Waals surface area contributed by atoms with Gasteiger partial charge in [0.05, 0.1) is 9.92 Å². The number of hydrogen-bond donors (Lipinski definition) is 1. The fourth-order valence-electron chi connectivity index (χ4n) is 2.90. The van der Waals surface area contributed by atoms with Crippen molar-refractivity contribution in [2.75, 3.05) is 42.9 Å². The predicted molar refractivity (Wildman–Crippen MR) is 103 cm³/mol. The van der Waals surface area contributed by atoms with Crippen LogP contribution in [-0.2, 0) is 10.0 Å². The molecule has 0 radical (unpaired) electrons. The highest BCUT2D eigenvalue weighted by atomic mass is 35.5. The Bertz CT molecular complexity index is 933. The van der Waals surface area contributed by atoms with Crippen LogP contribution in [0.15, 0.2) is 29.2 Å². The highest BCUT2D eigenvalue weighted by molar-refractivity contribution is 7.89. The van der Waals surface area contributed by atoms with Crippen LogP contribution in [0.25, 0.3) is 0 Å². The summed E-state index contributed by atoms with van der Waals surface area (Å²) in [5, 5.41) is 2.89. The van der Waals surface area contributed by atoms with Gasteiger partial charge in [0.2, 0.25) is 16.0 Å². The number of aromatic nitrogens is 2. The molecule has 1 N–H and O–H groups in total. The van der Waals surface area contributed by atoms with E-state index in [1.165, 1.54) is 10.4 Å². The lowest BCUT2D eigenvalue weighted by Gasteiger charge is -2.34. The lowest BCUT2D eigenvalue weighted by atomic mass is 10.3. The Morgan fingerprint density at radius 1 is 1.19 bits per heavy atom. The molecule has 0 aliphatic carbocycles. The van der Waals surface area contributed by atoms with Crippen molar-refractivity contribution in [3.63, 3.8) is 0 Å². The number of nitrogens with zero attached hydrogens (tertiary/aromatic N) is 4. The molecule has 0 saturated carbocycles. The van der Waals surface area contributed by atoms with E-state index in [4.69, 9.17) is 11.6 Å². The molecule has 1 aromatic carbocycles. The molecule has 0 bridgehead atoms. The molecule has 10 heteroatoms. The van der Waals surface area contributed by atoms with Crippen LogP contribution in [0.1, 0.15) is 12.6 Å². The van der Waals surface area contributed by atoms with E-state index in [1.807, 2.05) is 24.8 Å². The van der Waals surface area contributed by atoms with Crippen LogP contribution in [0, 0.1) is 12.7 Å². The maximum absolute atomic E-state index is 13.3. The molecule has 0 amide bonds. The molecular weight excluding hydrogens is 393 g/mol. The van der Waals surface area contributed by atoms with Gasteiger partial charge in [-0.3, -0.25) is 0 Å².